The van der Waals surface area contributed by atoms with Crippen molar-refractivity contribution in [3.8, 4) is 0 Å². The van der Waals surface area contributed by atoms with E-state index in [9.17, 15) is 4.39 Å². The van der Waals surface area contributed by atoms with Crippen LogP contribution in [-0.2, 0) is 0 Å². The molecule has 0 amide bonds. The van der Waals surface area contributed by atoms with E-state index in [0.29, 0.717) is 15.8 Å². The average molecular weight is 281 g/mol. The van der Waals surface area contributed by atoms with Crippen LogP contribution in [-0.4, -0.2) is 5.11 Å². The molecule has 0 heterocycles. The molecule has 2 aromatic rings. The number of hydrogen-bond acceptors (Lipinski definition) is 1. The molecule has 0 aliphatic rings. The minimum atomic E-state index is -0.311. The number of rotatable bonds is 2. The average Bonchev–Trinajstić information content (AvgIpc) is 2.32. The zero-order valence-electron chi connectivity index (χ0n) is 9.28. The van der Waals surface area contributed by atoms with E-state index < -0.39 is 0 Å². The molecule has 0 saturated heterocycles. The lowest BCUT2D eigenvalue weighted by atomic mass is 10.3. The van der Waals surface area contributed by atoms with Gasteiger partial charge >= 0.3 is 0 Å². The molecule has 0 unspecified atom stereocenters. The molecule has 0 saturated carbocycles. The summed E-state index contributed by atoms with van der Waals surface area (Å²) in [6.45, 7) is 0. The molecule has 0 bridgehead atoms. The summed E-state index contributed by atoms with van der Waals surface area (Å²) in [7, 11) is 0. The Balaban J connectivity index is 1.98. The van der Waals surface area contributed by atoms with Gasteiger partial charge in [0.25, 0.3) is 0 Å². The molecule has 92 valence electrons. The lowest BCUT2D eigenvalue weighted by Gasteiger charge is -2.10. The van der Waals surface area contributed by atoms with Crippen LogP contribution in [0.4, 0.5) is 15.8 Å². The fourth-order valence-corrected chi connectivity index (χ4v) is 1.75. The minimum absolute atomic E-state index is 0.311. The Labute approximate surface area is 115 Å². The van der Waals surface area contributed by atoms with Crippen LogP contribution >= 0.6 is 23.8 Å². The fraction of sp³-hybridized carbons (Fsp3) is 0. The maximum atomic E-state index is 13.0. The number of nitrogens with one attached hydrogen (secondary N) is 2. The molecule has 2 aromatic carbocycles. The minimum Gasteiger partial charge on any atom is -0.332 e. The highest BCUT2D eigenvalue weighted by molar-refractivity contribution is 7.80. The topological polar surface area (TPSA) is 24.1 Å². The van der Waals surface area contributed by atoms with Crippen LogP contribution in [0.3, 0.4) is 0 Å². The molecular weight excluding hydrogens is 271 g/mol. The van der Waals surface area contributed by atoms with Gasteiger partial charge < -0.3 is 10.6 Å². The van der Waals surface area contributed by atoms with Gasteiger partial charge in [0.2, 0.25) is 0 Å². The molecule has 18 heavy (non-hydrogen) atoms. The van der Waals surface area contributed by atoms with Crippen LogP contribution < -0.4 is 10.6 Å². The normalized spacial score (nSPS) is 9.89. The second-order valence-electron chi connectivity index (χ2n) is 3.60. The van der Waals surface area contributed by atoms with Crippen molar-refractivity contribution in [3.63, 3.8) is 0 Å². The van der Waals surface area contributed by atoms with E-state index in [-0.39, 0.29) is 5.82 Å². The Morgan fingerprint density at radius 3 is 2.33 bits per heavy atom. The molecular formula is C13H10ClFN2S. The molecule has 2 N–H and O–H groups in total. The number of thiocarbonyl (C=S) groups is 1. The predicted molar refractivity (Wildman–Crippen MR) is 77.7 cm³/mol. The lowest BCUT2D eigenvalue weighted by Crippen LogP contribution is -2.18. The summed E-state index contributed by atoms with van der Waals surface area (Å²) >= 11 is 10.9. The quantitative estimate of drug-likeness (QED) is 0.803. The van der Waals surface area contributed by atoms with Gasteiger partial charge in [0.15, 0.2) is 5.11 Å². The van der Waals surface area contributed by atoms with E-state index in [1.807, 2.05) is 12.1 Å². The number of halogens is 2. The van der Waals surface area contributed by atoms with Gasteiger partial charge in [-0.1, -0.05) is 17.7 Å². The van der Waals surface area contributed by atoms with E-state index in [2.05, 4.69) is 10.6 Å². The van der Waals surface area contributed by atoms with Crippen molar-refractivity contribution in [3.05, 3.63) is 59.4 Å². The first-order valence-corrected chi connectivity index (χ1v) is 6.01. The molecule has 0 fully saturated rings. The molecule has 2 rings (SSSR count). The van der Waals surface area contributed by atoms with Crippen molar-refractivity contribution in [2.45, 2.75) is 0 Å². The summed E-state index contributed by atoms with van der Waals surface area (Å²) in [6.07, 6.45) is 0. The van der Waals surface area contributed by atoms with Crippen LogP contribution in [0.25, 0.3) is 0 Å². The lowest BCUT2D eigenvalue weighted by molar-refractivity contribution is 0.628. The van der Waals surface area contributed by atoms with Crippen LogP contribution in [0.1, 0.15) is 0 Å². The van der Waals surface area contributed by atoms with Crippen molar-refractivity contribution in [2.24, 2.45) is 0 Å². The van der Waals surface area contributed by atoms with E-state index in [0.717, 1.165) is 5.69 Å². The maximum absolute atomic E-state index is 13.0. The summed E-state index contributed by atoms with van der Waals surface area (Å²) in [5.41, 5.74) is 1.41. The van der Waals surface area contributed by atoms with Crippen LogP contribution in [0, 0.1) is 5.82 Å². The molecule has 2 nitrogen and oxygen atoms in total. The molecule has 0 aromatic heterocycles. The summed E-state index contributed by atoms with van der Waals surface area (Å²) in [6, 6.07) is 13.2. The first kappa shape index (κ1) is 12.8. The molecule has 0 aliphatic carbocycles. The standard InChI is InChI=1S/C13H10ClFN2S/c14-9-4-6-11(7-5-9)16-13(18)17-12-3-1-2-10(15)8-12/h1-8H,(H2,16,17,18). The SMILES string of the molecule is Fc1cccc(NC(=S)Nc2ccc(Cl)cc2)c1. The van der Waals surface area contributed by atoms with Crippen LogP contribution in [0.15, 0.2) is 48.5 Å². The smallest absolute Gasteiger partial charge is 0.175 e. The Hall–Kier alpha value is -1.65. The highest BCUT2D eigenvalue weighted by Gasteiger charge is 2.00. The van der Waals surface area contributed by atoms with Gasteiger partial charge in [-0.25, -0.2) is 4.39 Å². The second-order valence-corrected chi connectivity index (χ2v) is 4.44. The third kappa shape index (κ3) is 3.68. The Morgan fingerprint density at radius 2 is 1.67 bits per heavy atom. The van der Waals surface area contributed by atoms with Crippen LogP contribution in [0.5, 0.6) is 0 Å². The third-order valence-electron chi connectivity index (χ3n) is 2.18. The Bertz CT molecular complexity index is 557. The van der Waals surface area contributed by atoms with E-state index >= 15 is 0 Å². The molecule has 0 atom stereocenters. The monoisotopic (exact) mass is 280 g/mol. The van der Waals surface area contributed by atoms with Crippen molar-refractivity contribution in [1.29, 1.82) is 0 Å². The number of hydrogen-bond donors (Lipinski definition) is 2. The highest BCUT2D eigenvalue weighted by Crippen LogP contribution is 2.14. The van der Waals surface area contributed by atoms with E-state index in [1.165, 1.54) is 12.1 Å². The zero-order chi connectivity index (χ0) is 13.0. The number of benzene rings is 2. The van der Waals surface area contributed by atoms with Gasteiger partial charge in [0.1, 0.15) is 5.82 Å². The largest absolute Gasteiger partial charge is 0.332 e. The van der Waals surface area contributed by atoms with Crippen LogP contribution in [0.2, 0.25) is 5.02 Å². The molecule has 0 spiro atoms. The third-order valence-corrected chi connectivity index (χ3v) is 2.64. The van der Waals surface area contributed by atoms with Gasteiger partial charge in [-0.3, -0.25) is 0 Å². The van der Waals surface area contributed by atoms with Gasteiger partial charge in [-0.05, 0) is 54.7 Å². The predicted octanol–water partition coefficient (Wildman–Crippen LogP) is 4.29. The van der Waals surface area contributed by atoms with Gasteiger partial charge in [-0.2, -0.15) is 0 Å². The summed E-state index contributed by atoms with van der Waals surface area (Å²) in [5.74, 6) is -0.311. The molecule has 0 aliphatic heterocycles. The van der Waals surface area contributed by atoms with Gasteiger partial charge in [0, 0.05) is 16.4 Å². The van der Waals surface area contributed by atoms with Crippen molar-refractivity contribution >= 4 is 40.3 Å². The van der Waals surface area contributed by atoms with E-state index in [1.54, 1.807) is 24.3 Å². The molecule has 5 heteroatoms. The van der Waals surface area contributed by atoms with Gasteiger partial charge in [-0.15, -0.1) is 0 Å². The molecule has 0 radical (unpaired) electrons. The number of anilines is 2. The first-order valence-electron chi connectivity index (χ1n) is 5.22. The summed E-state index contributed by atoms with van der Waals surface area (Å²) in [4.78, 5) is 0. The maximum Gasteiger partial charge on any atom is 0.175 e. The zero-order valence-corrected chi connectivity index (χ0v) is 10.9. The Morgan fingerprint density at radius 1 is 1.00 bits per heavy atom. The van der Waals surface area contributed by atoms with Gasteiger partial charge in [0.05, 0.1) is 0 Å². The van der Waals surface area contributed by atoms with Crippen molar-refractivity contribution < 1.29 is 4.39 Å². The highest BCUT2D eigenvalue weighted by atomic mass is 35.5. The Kier molecular flexibility index (Phi) is 4.12. The summed E-state index contributed by atoms with van der Waals surface area (Å²) < 4.78 is 13.0. The summed E-state index contributed by atoms with van der Waals surface area (Å²) in [5, 5.41) is 6.92. The van der Waals surface area contributed by atoms with Crippen molar-refractivity contribution in [2.75, 3.05) is 10.6 Å². The van der Waals surface area contributed by atoms with Crippen molar-refractivity contribution in [1.82, 2.24) is 0 Å². The fourth-order valence-electron chi connectivity index (χ4n) is 1.39. The van der Waals surface area contributed by atoms with E-state index in [4.69, 9.17) is 23.8 Å². The first-order chi connectivity index (χ1) is 8.63. The second kappa shape index (κ2) is 5.80.